The van der Waals surface area contributed by atoms with E-state index >= 15 is 0 Å². The van der Waals surface area contributed by atoms with Crippen molar-refractivity contribution in [3.8, 4) is 5.69 Å². The lowest BCUT2D eigenvalue weighted by Gasteiger charge is -2.13. The number of carboxylic acid groups (broad SMARTS) is 1. The lowest BCUT2D eigenvalue weighted by atomic mass is 10.1. The summed E-state index contributed by atoms with van der Waals surface area (Å²) in [5.74, 6) is -1.03. The molecule has 3 aromatic rings. The quantitative estimate of drug-likeness (QED) is 0.721. The van der Waals surface area contributed by atoms with Crippen molar-refractivity contribution in [3.63, 3.8) is 0 Å². The van der Waals surface area contributed by atoms with Crippen LogP contribution in [0.5, 0.6) is 0 Å². The summed E-state index contributed by atoms with van der Waals surface area (Å²) >= 11 is 0. The van der Waals surface area contributed by atoms with Crippen molar-refractivity contribution in [2.75, 3.05) is 19.0 Å². The molecular weight excluding hydrogens is 332 g/mol. The van der Waals surface area contributed by atoms with E-state index in [4.69, 9.17) is 10.8 Å². The van der Waals surface area contributed by atoms with Gasteiger partial charge in [-0.15, -0.1) is 0 Å². The molecule has 0 aliphatic rings. The van der Waals surface area contributed by atoms with Gasteiger partial charge in [0, 0.05) is 26.8 Å². The number of aryl methyl sites for hydroxylation is 1. The van der Waals surface area contributed by atoms with Crippen molar-refractivity contribution in [1.82, 2.24) is 9.13 Å². The average molecular weight is 354 g/mol. The predicted octanol–water partition coefficient (Wildman–Crippen LogP) is 1.35. The van der Waals surface area contributed by atoms with Crippen molar-refractivity contribution in [2.24, 2.45) is 12.8 Å². The summed E-state index contributed by atoms with van der Waals surface area (Å²) < 4.78 is 3.27. The van der Waals surface area contributed by atoms with Crippen LogP contribution in [-0.4, -0.2) is 40.3 Å². The van der Waals surface area contributed by atoms with Gasteiger partial charge in [0.25, 0.3) is 0 Å². The zero-order valence-electron chi connectivity index (χ0n) is 15.0. The predicted molar refractivity (Wildman–Crippen MR) is 102 cm³/mol. The number of nitrogens with zero attached hydrogens (tertiary/aromatic N) is 3. The molecule has 7 nitrogen and oxygen atoms in total. The molecule has 1 aromatic heterocycles. The maximum Gasteiger partial charge on any atom is 0.333 e. The largest absolute Gasteiger partial charge is 0.480 e. The number of hydrogen-bond donors (Lipinski definition) is 2. The van der Waals surface area contributed by atoms with Gasteiger partial charge < -0.3 is 15.7 Å². The number of fused-ring (bicyclic) bond motifs is 1. The van der Waals surface area contributed by atoms with Crippen LogP contribution in [0.15, 0.2) is 47.3 Å². The van der Waals surface area contributed by atoms with E-state index in [1.54, 1.807) is 28.3 Å². The standard InChI is InChI=1S/C19H22N4O3/c1-21(2)14-8-9-16-17(11-14)23(19(26)22(16)3)13-6-4-12(5-7-13)10-15(20)18(24)25/h4-9,11,15H,10,20H2,1-3H3,(H,24,25). The Morgan fingerprint density at radius 3 is 2.38 bits per heavy atom. The Morgan fingerprint density at radius 2 is 1.81 bits per heavy atom. The second kappa shape index (κ2) is 6.68. The summed E-state index contributed by atoms with van der Waals surface area (Å²) in [5.41, 5.74) is 9.65. The van der Waals surface area contributed by atoms with E-state index in [0.717, 1.165) is 28.0 Å². The fourth-order valence-electron chi connectivity index (χ4n) is 2.98. The molecule has 3 rings (SSSR count). The molecule has 3 N–H and O–H groups in total. The first-order valence-electron chi connectivity index (χ1n) is 8.26. The molecule has 1 atom stereocenters. The van der Waals surface area contributed by atoms with Gasteiger partial charge in [-0.3, -0.25) is 13.9 Å². The Bertz CT molecular complexity index is 1020. The Balaban J connectivity index is 2.07. The highest BCUT2D eigenvalue weighted by Gasteiger charge is 2.15. The van der Waals surface area contributed by atoms with Gasteiger partial charge in [0.15, 0.2) is 0 Å². The van der Waals surface area contributed by atoms with Gasteiger partial charge in [-0.05, 0) is 42.3 Å². The Kier molecular flexibility index (Phi) is 4.56. The fourth-order valence-corrected chi connectivity index (χ4v) is 2.98. The van der Waals surface area contributed by atoms with E-state index in [2.05, 4.69) is 0 Å². The van der Waals surface area contributed by atoms with Gasteiger partial charge in [0.1, 0.15) is 6.04 Å². The van der Waals surface area contributed by atoms with E-state index < -0.39 is 12.0 Å². The Hall–Kier alpha value is -3.06. The molecule has 0 saturated carbocycles. The molecule has 26 heavy (non-hydrogen) atoms. The van der Waals surface area contributed by atoms with Crippen molar-refractivity contribution in [1.29, 1.82) is 0 Å². The topological polar surface area (TPSA) is 93.5 Å². The number of rotatable bonds is 5. The highest BCUT2D eigenvalue weighted by molar-refractivity contribution is 5.82. The van der Waals surface area contributed by atoms with Gasteiger partial charge in [-0.2, -0.15) is 0 Å². The van der Waals surface area contributed by atoms with Crippen LogP contribution in [0.25, 0.3) is 16.7 Å². The van der Waals surface area contributed by atoms with Crippen LogP contribution >= 0.6 is 0 Å². The van der Waals surface area contributed by atoms with Gasteiger partial charge in [0.2, 0.25) is 0 Å². The number of imidazole rings is 1. The van der Waals surface area contributed by atoms with E-state index in [1.165, 1.54) is 0 Å². The maximum absolute atomic E-state index is 12.7. The van der Waals surface area contributed by atoms with Crippen LogP contribution in [0.3, 0.4) is 0 Å². The molecule has 0 spiro atoms. The first-order chi connectivity index (χ1) is 12.3. The summed E-state index contributed by atoms with van der Waals surface area (Å²) in [6.07, 6.45) is 0.241. The highest BCUT2D eigenvalue weighted by Crippen LogP contribution is 2.23. The van der Waals surface area contributed by atoms with Gasteiger partial charge >= 0.3 is 11.7 Å². The number of benzene rings is 2. The van der Waals surface area contributed by atoms with Gasteiger partial charge in [0.05, 0.1) is 16.7 Å². The minimum Gasteiger partial charge on any atom is -0.480 e. The molecule has 0 aliphatic heterocycles. The van der Waals surface area contributed by atoms with E-state index in [0.29, 0.717) is 0 Å². The Morgan fingerprint density at radius 1 is 1.15 bits per heavy atom. The fraction of sp³-hybridized carbons (Fsp3) is 0.263. The molecule has 0 saturated heterocycles. The number of hydrogen-bond acceptors (Lipinski definition) is 4. The first kappa shape index (κ1) is 17.8. The molecular formula is C19H22N4O3. The minimum absolute atomic E-state index is 0.133. The monoisotopic (exact) mass is 354 g/mol. The van der Waals surface area contributed by atoms with E-state index in [1.807, 2.05) is 49.3 Å². The second-order valence-electron chi connectivity index (χ2n) is 6.56. The van der Waals surface area contributed by atoms with E-state index in [-0.39, 0.29) is 12.1 Å². The summed E-state index contributed by atoms with van der Waals surface area (Å²) in [6.45, 7) is 0. The van der Waals surface area contributed by atoms with Crippen molar-refractivity contribution < 1.29 is 9.90 Å². The average Bonchev–Trinajstić information content (AvgIpc) is 2.86. The third-order valence-electron chi connectivity index (χ3n) is 4.52. The smallest absolute Gasteiger partial charge is 0.333 e. The van der Waals surface area contributed by atoms with Crippen LogP contribution < -0.4 is 16.3 Å². The highest BCUT2D eigenvalue weighted by atomic mass is 16.4. The number of anilines is 1. The maximum atomic E-state index is 12.7. The molecule has 0 aliphatic carbocycles. The molecule has 0 bridgehead atoms. The van der Waals surface area contributed by atoms with Crippen LogP contribution in [0, 0.1) is 0 Å². The number of carboxylic acids is 1. The van der Waals surface area contributed by atoms with Gasteiger partial charge in [-0.25, -0.2) is 4.79 Å². The van der Waals surface area contributed by atoms with Crippen LogP contribution in [0.1, 0.15) is 5.56 Å². The van der Waals surface area contributed by atoms with Crippen LogP contribution in [0.4, 0.5) is 5.69 Å². The third-order valence-corrected chi connectivity index (χ3v) is 4.52. The molecule has 1 heterocycles. The minimum atomic E-state index is -1.03. The number of carbonyl (C=O) groups is 1. The molecule has 136 valence electrons. The molecule has 7 heteroatoms. The number of aliphatic carboxylic acids is 1. The van der Waals surface area contributed by atoms with Crippen LogP contribution in [0.2, 0.25) is 0 Å². The molecule has 0 fully saturated rings. The van der Waals surface area contributed by atoms with Crippen LogP contribution in [-0.2, 0) is 18.3 Å². The lowest BCUT2D eigenvalue weighted by molar-refractivity contribution is -0.138. The van der Waals surface area contributed by atoms with E-state index in [9.17, 15) is 9.59 Å². The first-order valence-corrected chi connectivity index (χ1v) is 8.26. The van der Waals surface area contributed by atoms with Gasteiger partial charge in [-0.1, -0.05) is 12.1 Å². The second-order valence-corrected chi connectivity index (χ2v) is 6.56. The number of nitrogens with two attached hydrogens (primary N) is 1. The zero-order valence-corrected chi connectivity index (χ0v) is 15.0. The lowest BCUT2D eigenvalue weighted by Crippen LogP contribution is -2.32. The SMILES string of the molecule is CN(C)c1ccc2c(c1)n(-c1ccc(CC(N)C(=O)O)cc1)c(=O)n2C. The Labute approximate surface area is 150 Å². The van der Waals surface area contributed by atoms with Crippen molar-refractivity contribution >= 4 is 22.7 Å². The summed E-state index contributed by atoms with van der Waals surface area (Å²) in [6, 6.07) is 12.2. The number of aromatic nitrogens is 2. The molecule has 0 radical (unpaired) electrons. The van der Waals surface area contributed by atoms with Crippen molar-refractivity contribution in [2.45, 2.75) is 12.5 Å². The molecule has 0 amide bonds. The van der Waals surface area contributed by atoms with Crippen molar-refractivity contribution in [3.05, 3.63) is 58.5 Å². The molecule has 2 aromatic carbocycles. The summed E-state index contributed by atoms with van der Waals surface area (Å²) in [4.78, 5) is 25.6. The normalized spacial score (nSPS) is 12.3. The molecule has 1 unspecified atom stereocenters. The third kappa shape index (κ3) is 3.09. The summed E-state index contributed by atoms with van der Waals surface area (Å²) in [5, 5.41) is 8.93. The summed E-state index contributed by atoms with van der Waals surface area (Å²) in [7, 11) is 5.65. The zero-order chi connectivity index (χ0) is 19.0.